The Morgan fingerprint density at radius 2 is 1.82 bits per heavy atom. The normalized spacial score (nSPS) is 9.41. The standard InChI is InChI=1S/C12H9N3O2/c1-16-10-2-4-11(5-3-10)17-12-14-7-6-9(8-13)15-12/h2-7H,1H3. The van der Waals surface area contributed by atoms with Crippen LogP contribution in [0.15, 0.2) is 36.5 Å². The first-order valence-electron chi connectivity index (χ1n) is 4.87. The monoisotopic (exact) mass is 227 g/mol. The first-order valence-corrected chi connectivity index (χ1v) is 4.87. The zero-order valence-electron chi connectivity index (χ0n) is 9.12. The Hall–Kier alpha value is -2.61. The van der Waals surface area contributed by atoms with Gasteiger partial charge in [-0.15, -0.1) is 0 Å². The van der Waals surface area contributed by atoms with Crippen LogP contribution in [0.3, 0.4) is 0 Å². The summed E-state index contributed by atoms with van der Waals surface area (Å²) in [4.78, 5) is 7.81. The van der Waals surface area contributed by atoms with Crippen molar-refractivity contribution in [2.75, 3.05) is 7.11 Å². The first-order chi connectivity index (χ1) is 8.31. The minimum Gasteiger partial charge on any atom is -0.497 e. The van der Waals surface area contributed by atoms with E-state index in [-0.39, 0.29) is 11.7 Å². The summed E-state index contributed by atoms with van der Waals surface area (Å²) in [5.41, 5.74) is 0.267. The lowest BCUT2D eigenvalue weighted by atomic mass is 10.3. The largest absolute Gasteiger partial charge is 0.497 e. The van der Waals surface area contributed by atoms with E-state index in [4.69, 9.17) is 14.7 Å². The second-order valence-electron chi connectivity index (χ2n) is 3.11. The van der Waals surface area contributed by atoms with Gasteiger partial charge in [-0.25, -0.2) is 4.98 Å². The molecule has 0 aliphatic carbocycles. The maximum atomic E-state index is 8.68. The number of rotatable bonds is 3. The molecule has 0 unspecified atom stereocenters. The van der Waals surface area contributed by atoms with Crippen molar-refractivity contribution in [2.24, 2.45) is 0 Å². The topological polar surface area (TPSA) is 68.0 Å². The van der Waals surface area contributed by atoms with E-state index in [1.807, 2.05) is 6.07 Å². The molecule has 1 aromatic carbocycles. The number of hydrogen-bond donors (Lipinski definition) is 0. The molecule has 5 nitrogen and oxygen atoms in total. The van der Waals surface area contributed by atoms with E-state index >= 15 is 0 Å². The fourth-order valence-corrected chi connectivity index (χ4v) is 1.20. The average Bonchev–Trinajstić information content (AvgIpc) is 2.40. The number of aromatic nitrogens is 2. The van der Waals surface area contributed by atoms with Crippen molar-refractivity contribution in [1.82, 2.24) is 9.97 Å². The molecule has 2 rings (SSSR count). The highest BCUT2D eigenvalue weighted by Crippen LogP contribution is 2.20. The Labute approximate surface area is 98.3 Å². The molecule has 1 aromatic heterocycles. The molecule has 0 atom stereocenters. The second-order valence-corrected chi connectivity index (χ2v) is 3.11. The molecule has 84 valence electrons. The SMILES string of the molecule is COc1ccc(Oc2nccc(C#N)n2)cc1. The summed E-state index contributed by atoms with van der Waals surface area (Å²) in [5.74, 6) is 1.32. The van der Waals surface area contributed by atoms with Gasteiger partial charge in [-0.1, -0.05) is 0 Å². The highest BCUT2D eigenvalue weighted by molar-refractivity contribution is 5.33. The maximum Gasteiger partial charge on any atom is 0.323 e. The molecular formula is C12H9N3O2. The van der Waals surface area contributed by atoms with Gasteiger partial charge in [0.2, 0.25) is 0 Å². The molecule has 0 saturated carbocycles. The van der Waals surface area contributed by atoms with Crippen molar-refractivity contribution in [2.45, 2.75) is 0 Å². The lowest BCUT2D eigenvalue weighted by Crippen LogP contribution is -1.93. The predicted molar refractivity (Wildman–Crippen MR) is 59.8 cm³/mol. The zero-order chi connectivity index (χ0) is 12.1. The van der Waals surface area contributed by atoms with E-state index in [9.17, 15) is 0 Å². The summed E-state index contributed by atoms with van der Waals surface area (Å²) in [6.45, 7) is 0. The number of methoxy groups -OCH3 is 1. The Morgan fingerprint density at radius 1 is 1.12 bits per heavy atom. The van der Waals surface area contributed by atoms with Crippen molar-refractivity contribution in [3.05, 3.63) is 42.2 Å². The van der Waals surface area contributed by atoms with Crippen LogP contribution < -0.4 is 9.47 Å². The third kappa shape index (κ3) is 2.69. The highest BCUT2D eigenvalue weighted by Gasteiger charge is 2.01. The summed E-state index contributed by atoms with van der Waals surface area (Å²) in [5, 5.41) is 8.68. The number of benzene rings is 1. The van der Waals surface area contributed by atoms with Gasteiger partial charge in [0.05, 0.1) is 7.11 Å². The fraction of sp³-hybridized carbons (Fsp3) is 0.0833. The van der Waals surface area contributed by atoms with Gasteiger partial charge in [0.1, 0.15) is 23.3 Å². The van der Waals surface area contributed by atoms with E-state index in [1.54, 1.807) is 31.4 Å². The van der Waals surface area contributed by atoms with Crippen LogP contribution in [0.4, 0.5) is 0 Å². The number of ether oxygens (including phenoxy) is 2. The molecule has 0 radical (unpaired) electrons. The Bertz CT molecular complexity index is 546. The molecule has 17 heavy (non-hydrogen) atoms. The van der Waals surface area contributed by atoms with E-state index in [0.29, 0.717) is 5.75 Å². The minimum absolute atomic E-state index is 0.147. The average molecular weight is 227 g/mol. The summed E-state index contributed by atoms with van der Waals surface area (Å²) in [7, 11) is 1.59. The predicted octanol–water partition coefficient (Wildman–Crippen LogP) is 2.15. The highest BCUT2D eigenvalue weighted by atomic mass is 16.5. The Kier molecular flexibility index (Phi) is 3.17. The van der Waals surface area contributed by atoms with E-state index < -0.39 is 0 Å². The van der Waals surface area contributed by atoms with Crippen LogP contribution in [0.5, 0.6) is 17.5 Å². The summed E-state index contributed by atoms with van der Waals surface area (Å²) >= 11 is 0. The molecule has 0 bridgehead atoms. The lowest BCUT2D eigenvalue weighted by Gasteiger charge is -2.04. The smallest absolute Gasteiger partial charge is 0.323 e. The third-order valence-corrected chi connectivity index (χ3v) is 2.02. The van der Waals surface area contributed by atoms with Crippen molar-refractivity contribution in [3.8, 4) is 23.6 Å². The zero-order valence-corrected chi connectivity index (χ0v) is 9.12. The quantitative estimate of drug-likeness (QED) is 0.803. The molecule has 0 fully saturated rings. The van der Waals surface area contributed by atoms with Gasteiger partial charge >= 0.3 is 6.01 Å². The van der Waals surface area contributed by atoms with Gasteiger partial charge in [-0.3, -0.25) is 0 Å². The number of hydrogen-bond acceptors (Lipinski definition) is 5. The molecule has 0 aliphatic heterocycles. The van der Waals surface area contributed by atoms with Gasteiger partial charge in [-0.05, 0) is 30.3 Å². The Morgan fingerprint density at radius 3 is 2.47 bits per heavy atom. The Balaban J connectivity index is 2.16. The van der Waals surface area contributed by atoms with Crippen molar-refractivity contribution < 1.29 is 9.47 Å². The van der Waals surface area contributed by atoms with Crippen LogP contribution in [0.25, 0.3) is 0 Å². The molecule has 1 heterocycles. The van der Waals surface area contributed by atoms with Gasteiger partial charge in [0, 0.05) is 6.20 Å². The lowest BCUT2D eigenvalue weighted by molar-refractivity contribution is 0.410. The number of nitrogens with zero attached hydrogens (tertiary/aromatic N) is 3. The maximum absolute atomic E-state index is 8.68. The summed E-state index contributed by atoms with van der Waals surface area (Å²) in [6.07, 6.45) is 1.48. The third-order valence-electron chi connectivity index (χ3n) is 2.02. The number of nitriles is 1. The molecule has 0 amide bonds. The van der Waals surface area contributed by atoms with Gasteiger partial charge in [0.25, 0.3) is 0 Å². The van der Waals surface area contributed by atoms with Crippen molar-refractivity contribution >= 4 is 0 Å². The van der Waals surface area contributed by atoms with Crippen LogP contribution in [-0.4, -0.2) is 17.1 Å². The molecule has 5 heteroatoms. The second kappa shape index (κ2) is 4.94. The summed E-state index contributed by atoms with van der Waals surface area (Å²) in [6, 6.07) is 10.6. The van der Waals surface area contributed by atoms with Crippen LogP contribution in [0.2, 0.25) is 0 Å². The van der Waals surface area contributed by atoms with Crippen LogP contribution >= 0.6 is 0 Å². The van der Waals surface area contributed by atoms with E-state index in [1.165, 1.54) is 12.3 Å². The van der Waals surface area contributed by atoms with Crippen LogP contribution in [0, 0.1) is 11.3 Å². The molecule has 0 aliphatic rings. The molecule has 0 spiro atoms. The van der Waals surface area contributed by atoms with Crippen LogP contribution in [0.1, 0.15) is 5.69 Å². The van der Waals surface area contributed by atoms with E-state index in [2.05, 4.69) is 9.97 Å². The van der Waals surface area contributed by atoms with Gasteiger partial charge in [-0.2, -0.15) is 10.2 Å². The minimum atomic E-state index is 0.147. The van der Waals surface area contributed by atoms with Crippen molar-refractivity contribution in [1.29, 1.82) is 5.26 Å². The van der Waals surface area contributed by atoms with Gasteiger partial charge in [0.15, 0.2) is 0 Å². The van der Waals surface area contributed by atoms with Gasteiger partial charge < -0.3 is 9.47 Å². The summed E-state index contributed by atoms with van der Waals surface area (Å²) < 4.78 is 10.4. The van der Waals surface area contributed by atoms with Crippen LogP contribution in [-0.2, 0) is 0 Å². The first kappa shape index (κ1) is 10.9. The molecule has 0 saturated heterocycles. The van der Waals surface area contributed by atoms with E-state index in [0.717, 1.165) is 5.75 Å². The molecule has 0 N–H and O–H groups in total. The molecular weight excluding hydrogens is 218 g/mol. The molecule has 2 aromatic rings. The fourth-order valence-electron chi connectivity index (χ4n) is 1.20. The van der Waals surface area contributed by atoms with Crippen molar-refractivity contribution in [3.63, 3.8) is 0 Å².